The van der Waals surface area contributed by atoms with Gasteiger partial charge in [-0.1, -0.05) is 0 Å². The van der Waals surface area contributed by atoms with Crippen molar-refractivity contribution in [2.24, 2.45) is 0 Å². The van der Waals surface area contributed by atoms with Gasteiger partial charge in [0.1, 0.15) is 0 Å². The number of nitrogens with one attached hydrogen (secondary N) is 1. The van der Waals surface area contributed by atoms with Gasteiger partial charge in [-0.25, -0.2) is 0 Å². The molecule has 0 spiro atoms. The monoisotopic (exact) mass is 196 g/mol. The molecule has 0 fully saturated rings. The van der Waals surface area contributed by atoms with Crippen molar-refractivity contribution in [1.29, 1.82) is 0 Å². The van der Waals surface area contributed by atoms with Gasteiger partial charge in [0.2, 0.25) is 0 Å². The van der Waals surface area contributed by atoms with Crippen LogP contribution in [0.5, 0.6) is 0 Å². The van der Waals surface area contributed by atoms with E-state index in [4.69, 9.17) is 4.42 Å². The van der Waals surface area contributed by atoms with Crippen LogP contribution in [0.3, 0.4) is 0 Å². The van der Waals surface area contributed by atoms with E-state index >= 15 is 0 Å². The van der Waals surface area contributed by atoms with Gasteiger partial charge in [-0.2, -0.15) is 0 Å². The highest BCUT2D eigenvalue weighted by atomic mass is 32.2. The van der Waals surface area contributed by atoms with Crippen molar-refractivity contribution < 1.29 is 13.2 Å². The number of aromatic nitrogens is 1. The Balaban J connectivity index is 2.39. The van der Waals surface area contributed by atoms with Crippen molar-refractivity contribution in [2.45, 2.75) is 4.90 Å². The van der Waals surface area contributed by atoms with Crippen LogP contribution in [0.15, 0.2) is 40.2 Å². The summed E-state index contributed by atoms with van der Waals surface area (Å²) < 4.78 is 25.9. The maximum atomic E-state index is 10.5. The molecule has 0 radical (unpaired) electrons. The fourth-order valence-electron chi connectivity index (χ4n) is 1.06. The van der Waals surface area contributed by atoms with Gasteiger partial charge in [0.25, 0.3) is 0 Å². The van der Waals surface area contributed by atoms with Gasteiger partial charge in [0.15, 0.2) is 0 Å². The molecule has 0 aliphatic heterocycles. The molecular weight excluding hydrogens is 190 g/mol. The molecule has 1 atom stereocenters. The van der Waals surface area contributed by atoms with Crippen molar-refractivity contribution in [3.05, 3.63) is 30.9 Å². The van der Waals surface area contributed by atoms with Crippen molar-refractivity contribution in [3.63, 3.8) is 0 Å². The fourth-order valence-corrected chi connectivity index (χ4v) is 1.42. The van der Waals surface area contributed by atoms with Crippen molar-refractivity contribution >= 4 is 11.1 Å². The molecule has 0 aliphatic rings. The van der Waals surface area contributed by atoms with E-state index in [1.54, 1.807) is 18.4 Å². The number of rotatable bonds is 2. The first-order valence-corrected chi connectivity index (χ1v) is 4.65. The predicted molar refractivity (Wildman–Crippen MR) is 45.7 cm³/mol. The molecular formula is C8H6NO3S-. The molecule has 0 amide bonds. The van der Waals surface area contributed by atoms with E-state index in [0.29, 0.717) is 0 Å². The van der Waals surface area contributed by atoms with Crippen LogP contribution in [-0.4, -0.2) is 13.7 Å². The summed E-state index contributed by atoms with van der Waals surface area (Å²) in [5.41, 5.74) is 1.56. The summed E-state index contributed by atoms with van der Waals surface area (Å²) in [5.74, 6) is 0. The lowest BCUT2D eigenvalue weighted by molar-refractivity contribution is 0.537. The predicted octanol–water partition coefficient (Wildman–Crippen LogP) is 1.51. The number of H-pyrrole nitrogens is 1. The average molecular weight is 196 g/mol. The molecule has 1 N–H and O–H groups in total. The molecule has 4 nitrogen and oxygen atoms in total. The number of hydrogen-bond acceptors (Lipinski definition) is 3. The molecule has 2 aromatic rings. The highest BCUT2D eigenvalue weighted by molar-refractivity contribution is 7.79. The Kier molecular flexibility index (Phi) is 2.03. The van der Waals surface area contributed by atoms with E-state index in [2.05, 4.69) is 4.98 Å². The lowest BCUT2D eigenvalue weighted by atomic mass is 10.2. The van der Waals surface area contributed by atoms with Crippen molar-refractivity contribution in [1.82, 2.24) is 4.98 Å². The highest BCUT2D eigenvalue weighted by Crippen LogP contribution is 2.20. The van der Waals surface area contributed by atoms with Gasteiger partial charge in [-0.15, -0.1) is 0 Å². The van der Waals surface area contributed by atoms with E-state index in [1.807, 2.05) is 0 Å². The van der Waals surface area contributed by atoms with E-state index < -0.39 is 11.1 Å². The topological polar surface area (TPSA) is 69.1 Å². The third kappa shape index (κ3) is 1.56. The van der Waals surface area contributed by atoms with Crippen LogP contribution in [-0.2, 0) is 11.1 Å². The lowest BCUT2D eigenvalue weighted by Crippen LogP contribution is -1.82. The first-order chi connectivity index (χ1) is 6.27. The van der Waals surface area contributed by atoms with Crippen LogP contribution in [0.4, 0.5) is 0 Å². The van der Waals surface area contributed by atoms with Gasteiger partial charge < -0.3 is 14.0 Å². The molecule has 13 heavy (non-hydrogen) atoms. The Morgan fingerprint density at radius 2 is 2.38 bits per heavy atom. The number of hydrogen-bond donors (Lipinski definition) is 1. The summed E-state index contributed by atoms with van der Waals surface area (Å²) in [6.45, 7) is 0. The molecule has 68 valence electrons. The van der Waals surface area contributed by atoms with Crippen molar-refractivity contribution in [2.75, 3.05) is 0 Å². The molecule has 0 bridgehead atoms. The minimum Gasteiger partial charge on any atom is -0.768 e. The summed E-state index contributed by atoms with van der Waals surface area (Å²) >= 11 is -2.18. The van der Waals surface area contributed by atoms with E-state index in [1.165, 1.54) is 12.5 Å². The summed E-state index contributed by atoms with van der Waals surface area (Å²) in [6.07, 6.45) is 4.51. The first-order valence-electron chi connectivity index (χ1n) is 3.57. The third-order valence-corrected chi connectivity index (χ3v) is 2.30. The normalized spacial score (nSPS) is 13.0. The molecule has 2 aromatic heterocycles. The minimum atomic E-state index is -2.18. The fraction of sp³-hybridized carbons (Fsp3) is 0. The summed E-state index contributed by atoms with van der Waals surface area (Å²) in [4.78, 5) is 3.08. The van der Waals surface area contributed by atoms with Crippen LogP contribution in [0.25, 0.3) is 11.3 Å². The van der Waals surface area contributed by atoms with E-state index in [-0.39, 0.29) is 4.90 Å². The third-order valence-electron chi connectivity index (χ3n) is 1.68. The van der Waals surface area contributed by atoms with E-state index in [0.717, 1.165) is 11.3 Å². The first kappa shape index (κ1) is 8.28. The molecule has 0 saturated heterocycles. The Labute approximate surface area is 76.9 Å². The maximum Gasteiger partial charge on any atom is 0.0995 e. The highest BCUT2D eigenvalue weighted by Gasteiger charge is 2.02. The zero-order valence-electron chi connectivity index (χ0n) is 6.52. The smallest absolute Gasteiger partial charge is 0.0995 e. The van der Waals surface area contributed by atoms with Crippen LogP contribution in [0.2, 0.25) is 0 Å². The quantitative estimate of drug-likeness (QED) is 0.740. The maximum absolute atomic E-state index is 10.5. The molecule has 0 saturated carbocycles. The number of furan rings is 1. The molecule has 2 heterocycles. The van der Waals surface area contributed by atoms with E-state index in [9.17, 15) is 8.76 Å². The summed E-state index contributed by atoms with van der Waals surface area (Å²) in [7, 11) is 0. The molecule has 2 rings (SSSR count). The summed E-state index contributed by atoms with van der Waals surface area (Å²) in [6, 6.07) is 3.30. The van der Waals surface area contributed by atoms with Crippen LogP contribution in [0, 0.1) is 0 Å². The number of aromatic amines is 1. The van der Waals surface area contributed by atoms with Gasteiger partial charge in [-0.3, -0.25) is 4.21 Å². The average Bonchev–Trinajstić information content (AvgIpc) is 2.75. The Morgan fingerprint density at radius 3 is 2.92 bits per heavy atom. The molecule has 1 unspecified atom stereocenters. The second-order valence-electron chi connectivity index (χ2n) is 2.50. The molecule has 0 aliphatic carbocycles. The minimum absolute atomic E-state index is 0.246. The summed E-state index contributed by atoms with van der Waals surface area (Å²) in [5, 5.41) is 0. The SMILES string of the molecule is O=S([O-])c1c[nH]c(-c2ccoc2)c1. The Morgan fingerprint density at radius 1 is 1.54 bits per heavy atom. The van der Waals surface area contributed by atoms with Gasteiger partial charge in [0.05, 0.1) is 12.5 Å². The van der Waals surface area contributed by atoms with Crippen LogP contribution in [0.1, 0.15) is 0 Å². The standard InChI is InChI=1S/C8H7NO3S/c10-13(11)7-3-8(9-4-7)6-1-2-12-5-6/h1-5,9H,(H,10,11)/p-1. The zero-order chi connectivity index (χ0) is 9.26. The van der Waals surface area contributed by atoms with Gasteiger partial charge in [0, 0.05) is 22.3 Å². The Hall–Kier alpha value is -1.33. The second-order valence-corrected chi connectivity index (χ2v) is 3.44. The van der Waals surface area contributed by atoms with Crippen molar-refractivity contribution in [3.8, 4) is 11.3 Å². The molecule has 5 heteroatoms. The van der Waals surface area contributed by atoms with Crippen LogP contribution < -0.4 is 0 Å². The van der Waals surface area contributed by atoms with Crippen LogP contribution >= 0.6 is 0 Å². The second kappa shape index (κ2) is 3.20. The Bertz CT molecular complexity index is 418. The van der Waals surface area contributed by atoms with Gasteiger partial charge >= 0.3 is 0 Å². The molecule has 0 aromatic carbocycles. The zero-order valence-corrected chi connectivity index (χ0v) is 7.34. The largest absolute Gasteiger partial charge is 0.768 e. The van der Waals surface area contributed by atoms with Gasteiger partial charge in [-0.05, 0) is 23.2 Å². The lowest BCUT2D eigenvalue weighted by Gasteiger charge is -1.97.